The summed E-state index contributed by atoms with van der Waals surface area (Å²) in [6.07, 6.45) is 1.71. The summed E-state index contributed by atoms with van der Waals surface area (Å²) in [6, 6.07) is 20.9. The Bertz CT molecular complexity index is 1370. The average molecular weight is 490 g/mol. The van der Waals surface area contributed by atoms with Crippen LogP contribution in [0.1, 0.15) is 45.9 Å². The third-order valence-electron chi connectivity index (χ3n) is 6.58. The molecule has 180 valence electrons. The number of benzene rings is 3. The standard InChI is InChI=1S/C27H27N3O4S/c1-19-9-14-24-23(17-19)26(20-7-3-2-4-8-20)30(18-25(31)28-24)27(32)21-10-12-22(13-11-21)35(33,34)29-15-5-6-16-29/h2-4,7-14,17,26H,5-6,15-16,18H2,1H3,(H,28,31). The maximum absolute atomic E-state index is 13.8. The molecule has 0 bridgehead atoms. The molecule has 0 spiro atoms. The lowest BCUT2D eigenvalue weighted by atomic mass is 9.94. The summed E-state index contributed by atoms with van der Waals surface area (Å²) in [5, 5.41) is 2.93. The van der Waals surface area contributed by atoms with E-state index in [1.165, 1.54) is 28.6 Å². The lowest BCUT2D eigenvalue weighted by Gasteiger charge is -2.31. The van der Waals surface area contributed by atoms with Crippen molar-refractivity contribution in [2.24, 2.45) is 0 Å². The number of anilines is 1. The minimum absolute atomic E-state index is 0.125. The SMILES string of the molecule is Cc1ccc2c(c1)C(c1ccccc1)N(C(=O)c1ccc(S(=O)(=O)N3CCCC3)cc1)CC(=O)N2. The van der Waals surface area contributed by atoms with Gasteiger partial charge in [-0.1, -0.05) is 48.0 Å². The summed E-state index contributed by atoms with van der Waals surface area (Å²) < 4.78 is 27.3. The molecule has 1 fully saturated rings. The van der Waals surface area contributed by atoms with Crippen LogP contribution in [-0.4, -0.2) is 49.1 Å². The largest absolute Gasteiger partial charge is 0.324 e. The van der Waals surface area contributed by atoms with Crippen molar-refractivity contribution in [2.45, 2.75) is 30.7 Å². The molecule has 3 aromatic rings. The van der Waals surface area contributed by atoms with Crippen molar-refractivity contribution in [3.05, 3.63) is 95.1 Å². The maximum atomic E-state index is 13.8. The lowest BCUT2D eigenvalue weighted by Crippen LogP contribution is -2.39. The number of hydrogen-bond acceptors (Lipinski definition) is 4. The topological polar surface area (TPSA) is 86.8 Å². The molecule has 1 unspecified atom stereocenters. The van der Waals surface area contributed by atoms with E-state index in [0.717, 1.165) is 29.5 Å². The first-order valence-electron chi connectivity index (χ1n) is 11.7. The van der Waals surface area contributed by atoms with Crippen molar-refractivity contribution in [3.63, 3.8) is 0 Å². The number of nitrogens with one attached hydrogen (secondary N) is 1. The molecule has 35 heavy (non-hydrogen) atoms. The molecule has 2 aliphatic heterocycles. The van der Waals surface area contributed by atoms with Gasteiger partial charge in [0.2, 0.25) is 15.9 Å². The maximum Gasteiger partial charge on any atom is 0.255 e. The Kier molecular flexibility index (Phi) is 6.17. The molecule has 7 nitrogen and oxygen atoms in total. The molecule has 1 saturated heterocycles. The summed E-state index contributed by atoms with van der Waals surface area (Å²) in [5.74, 6) is -0.622. The Morgan fingerprint density at radius 2 is 1.63 bits per heavy atom. The second kappa shape index (κ2) is 9.28. The fourth-order valence-corrected chi connectivity index (χ4v) is 6.34. The van der Waals surface area contributed by atoms with Crippen LogP contribution in [0.25, 0.3) is 0 Å². The highest BCUT2D eigenvalue weighted by Gasteiger charge is 2.34. The normalized spacial score (nSPS) is 18.6. The van der Waals surface area contributed by atoms with Crippen LogP contribution in [0.2, 0.25) is 0 Å². The second-order valence-electron chi connectivity index (χ2n) is 9.02. The predicted octanol–water partition coefficient (Wildman–Crippen LogP) is 3.96. The summed E-state index contributed by atoms with van der Waals surface area (Å²) in [4.78, 5) is 28.3. The number of hydrogen-bond donors (Lipinski definition) is 1. The molecule has 2 amide bonds. The van der Waals surface area contributed by atoms with Crippen LogP contribution in [0.3, 0.4) is 0 Å². The molecule has 0 saturated carbocycles. The molecule has 5 rings (SSSR count). The van der Waals surface area contributed by atoms with Gasteiger partial charge in [0.05, 0.1) is 10.9 Å². The monoisotopic (exact) mass is 489 g/mol. The number of carbonyl (C=O) groups excluding carboxylic acids is 2. The first-order valence-corrected chi connectivity index (χ1v) is 13.1. The van der Waals surface area contributed by atoms with E-state index in [2.05, 4.69) is 5.32 Å². The van der Waals surface area contributed by atoms with Gasteiger partial charge in [-0.25, -0.2) is 8.42 Å². The number of rotatable bonds is 4. The van der Waals surface area contributed by atoms with Crippen molar-refractivity contribution >= 4 is 27.5 Å². The number of carbonyl (C=O) groups is 2. The molecule has 1 N–H and O–H groups in total. The van der Waals surface area contributed by atoms with Gasteiger partial charge in [-0.3, -0.25) is 9.59 Å². The molecule has 1 atom stereocenters. The highest BCUT2D eigenvalue weighted by molar-refractivity contribution is 7.89. The molecule has 2 heterocycles. The van der Waals surface area contributed by atoms with Crippen molar-refractivity contribution in [1.29, 1.82) is 0 Å². The van der Waals surface area contributed by atoms with Crippen LogP contribution in [0.15, 0.2) is 77.7 Å². The Hall–Kier alpha value is -3.49. The molecule has 8 heteroatoms. The summed E-state index contributed by atoms with van der Waals surface area (Å²) >= 11 is 0. The molecule has 3 aromatic carbocycles. The van der Waals surface area contributed by atoms with Crippen LogP contribution in [-0.2, 0) is 14.8 Å². The number of aryl methyl sites for hydroxylation is 1. The summed E-state index contributed by atoms with van der Waals surface area (Å²) in [7, 11) is -3.57. The average Bonchev–Trinajstić information content (AvgIpc) is 3.37. The van der Waals surface area contributed by atoms with Gasteiger partial charge in [0.1, 0.15) is 6.54 Å². The molecular formula is C27H27N3O4S. The predicted molar refractivity (Wildman–Crippen MR) is 134 cm³/mol. The van der Waals surface area contributed by atoms with Crippen molar-refractivity contribution < 1.29 is 18.0 Å². The van der Waals surface area contributed by atoms with E-state index in [1.807, 2.05) is 55.5 Å². The fourth-order valence-electron chi connectivity index (χ4n) is 4.82. The zero-order valence-electron chi connectivity index (χ0n) is 19.5. The quantitative estimate of drug-likeness (QED) is 0.601. The summed E-state index contributed by atoms with van der Waals surface area (Å²) in [6.45, 7) is 2.88. The van der Waals surface area contributed by atoms with Gasteiger partial charge in [0, 0.05) is 29.9 Å². The van der Waals surface area contributed by atoms with E-state index < -0.39 is 16.1 Å². The third-order valence-corrected chi connectivity index (χ3v) is 8.49. The summed E-state index contributed by atoms with van der Waals surface area (Å²) in [5.41, 5.74) is 3.75. The zero-order chi connectivity index (χ0) is 24.6. The van der Waals surface area contributed by atoms with Crippen LogP contribution in [0, 0.1) is 6.92 Å². The number of amides is 2. The highest BCUT2D eigenvalue weighted by atomic mass is 32.2. The molecule has 0 aliphatic carbocycles. The van der Waals surface area contributed by atoms with Gasteiger partial charge in [0.15, 0.2) is 0 Å². The van der Waals surface area contributed by atoms with Crippen LogP contribution in [0.4, 0.5) is 5.69 Å². The van der Waals surface area contributed by atoms with Gasteiger partial charge in [-0.15, -0.1) is 0 Å². The van der Waals surface area contributed by atoms with Crippen LogP contribution in [0.5, 0.6) is 0 Å². The van der Waals surface area contributed by atoms with E-state index in [1.54, 1.807) is 4.90 Å². The van der Waals surface area contributed by atoms with Crippen LogP contribution < -0.4 is 5.32 Å². The van der Waals surface area contributed by atoms with Gasteiger partial charge in [0.25, 0.3) is 5.91 Å². The van der Waals surface area contributed by atoms with E-state index in [4.69, 9.17) is 0 Å². The van der Waals surface area contributed by atoms with E-state index in [-0.39, 0.29) is 23.3 Å². The van der Waals surface area contributed by atoms with Gasteiger partial charge in [-0.05, 0) is 55.7 Å². The first-order chi connectivity index (χ1) is 16.8. The number of nitrogens with zero attached hydrogens (tertiary/aromatic N) is 2. The van der Waals surface area contributed by atoms with Crippen LogP contribution >= 0.6 is 0 Å². The molecular weight excluding hydrogens is 462 g/mol. The van der Waals surface area contributed by atoms with Crippen molar-refractivity contribution in [3.8, 4) is 0 Å². The zero-order valence-corrected chi connectivity index (χ0v) is 20.3. The number of sulfonamides is 1. The Morgan fingerprint density at radius 3 is 2.31 bits per heavy atom. The van der Waals surface area contributed by atoms with Crippen molar-refractivity contribution in [2.75, 3.05) is 25.0 Å². The highest BCUT2D eigenvalue weighted by Crippen LogP contribution is 2.37. The fraction of sp³-hybridized carbons (Fsp3) is 0.259. The van der Waals surface area contributed by atoms with Gasteiger partial charge >= 0.3 is 0 Å². The molecule has 0 aromatic heterocycles. The second-order valence-corrected chi connectivity index (χ2v) is 11.0. The van der Waals surface area contributed by atoms with Gasteiger partial charge < -0.3 is 10.2 Å². The van der Waals surface area contributed by atoms with E-state index in [0.29, 0.717) is 24.3 Å². The minimum atomic E-state index is -3.57. The lowest BCUT2D eigenvalue weighted by molar-refractivity contribution is -0.117. The molecule has 2 aliphatic rings. The third kappa shape index (κ3) is 4.47. The Labute approximate surface area is 205 Å². The Balaban J connectivity index is 1.54. The van der Waals surface area contributed by atoms with Crippen molar-refractivity contribution in [1.82, 2.24) is 9.21 Å². The molecule has 0 radical (unpaired) electrons. The first kappa shape index (κ1) is 23.3. The van der Waals surface area contributed by atoms with E-state index >= 15 is 0 Å². The van der Waals surface area contributed by atoms with E-state index in [9.17, 15) is 18.0 Å². The Morgan fingerprint density at radius 1 is 0.943 bits per heavy atom. The number of fused-ring (bicyclic) bond motifs is 1. The minimum Gasteiger partial charge on any atom is -0.324 e. The smallest absolute Gasteiger partial charge is 0.255 e. The van der Waals surface area contributed by atoms with Gasteiger partial charge in [-0.2, -0.15) is 4.31 Å².